The lowest BCUT2D eigenvalue weighted by molar-refractivity contribution is -0.136. The zero-order chi connectivity index (χ0) is 13.1. The molecule has 0 atom stereocenters. The van der Waals surface area contributed by atoms with Gasteiger partial charge in [0.05, 0.1) is 17.1 Å². The molecule has 8 heteroatoms. The summed E-state index contributed by atoms with van der Waals surface area (Å²) < 4.78 is 0. The van der Waals surface area contributed by atoms with Crippen molar-refractivity contribution in [2.45, 2.75) is 13.3 Å². The molecule has 0 radical (unpaired) electrons. The van der Waals surface area contributed by atoms with E-state index in [1.807, 2.05) is 6.92 Å². The van der Waals surface area contributed by atoms with E-state index in [2.05, 4.69) is 15.3 Å². The van der Waals surface area contributed by atoms with Gasteiger partial charge in [-0.2, -0.15) is 0 Å². The number of aryl methyl sites for hydroxylation is 1. The SMILES string of the molecule is Cc1nc(C(=O)Nc2nc(CC(=O)O)cs2)cs1. The maximum atomic E-state index is 11.7. The Morgan fingerprint density at radius 2 is 2.11 bits per heavy atom. The Morgan fingerprint density at radius 1 is 1.33 bits per heavy atom. The highest BCUT2D eigenvalue weighted by Gasteiger charge is 2.12. The molecule has 0 spiro atoms. The van der Waals surface area contributed by atoms with Crippen molar-refractivity contribution in [1.29, 1.82) is 0 Å². The fourth-order valence-electron chi connectivity index (χ4n) is 1.23. The Bertz CT molecular complexity index is 591. The minimum Gasteiger partial charge on any atom is -0.481 e. The first-order chi connectivity index (χ1) is 8.54. The van der Waals surface area contributed by atoms with Crippen molar-refractivity contribution < 1.29 is 14.7 Å². The number of carboxylic acid groups (broad SMARTS) is 1. The van der Waals surface area contributed by atoms with Crippen LogP contribution in [0.4, 0.5) is 5.13 Å². The van der Waals surface area contributed by atoms with Gasteiger partial charge in [-0.15, -0.1) is 22.7 Å². The molecule has 94 valence electrons. The molecule has 2 aromatic rings. The Morgan fingerprint density at radius 3 is 2.72 bits per heavy atom. The number of amides is 1. The van der Waals surface area contributed by atoms with Crippen molar-refractivity contribution in [2.75, 3.05) is 5.32 Å². The van der Waals surface area contributed by atoms with Crippen LogP contribution >= 0.6 is 22.7 Å². The van der Waals surface area contributed by atoms with E-state index >= 15 is 0 Å². The van der Waals surface area contributed by atoms with Gasteiger partial charge in [0, 0.05) is 10.8 Å². The van der Waals surface area contributed by atoms with Crippen LogP contribution in [0.25, 0.3) is 0 Å². The van der Waals surface area contributed by atoms with Gasteiger partial charge < -0.3 is 5.11 Å². The average molecular weight is 283 g/mol. The van der Waals surface area contributed by atoms with E-state index in [4.69, 9.17) is 5.11 Å². The maximum Gasteiger partial charge on any atom is 0.309 e. The Kier molecular flexibility index (Phi) is 3.68. The number of aromatic nitrogens is 2. The molecular formula is C10H9N3O3S2. The van der Waals surface area contributed by atoms with Gasteiger partial charge in [-0.05, 0) is 6.92 Å². The second-order valence-electron chi connectivity index (χ2n) is 3.42. The fraction of sp³-hybridized carbons (Fsp3) is 0.200. The molecule has 0 saturated heterocycles. The number of nitrogens with zero attached hydrogens (tertiary/aromatic N) is 2. The Hall–Kier alpha value is -1.80. The van der Waals surface area contributed by atoms with Crippen LogP contribution in [0.15, 0.2) is 10.8 Å². The van der Waals surface area contributed by atoms with Gasteiger partial charge in [-0.1, -0.05) is 0 Å². The first-order valence-corrected chi connectivity index (χ1v) is 6.70. The second kappa shape index (κ2) is 5.23. The largest absolute Gasteiger partial charge is 0.481 e. The number of hydrogen-bond donors (Lipinski definition) is 2. The predicted molar refractivity (Wildman–Crippen MR) is 68.3 cm³/mol. The summed E-state index contributed by atoms with van der Waals surface area (Å²) in [5.74, 6) is -1.29. The molecular weight excluding hydrogens is 274 g/mol. The van der Waals surface area contributed by atoms with E-state index in [9.17, 15) is 9.59 Å². The first kappa shape index (κ1) is 12.7. The van der Waals surface area contributed by atoms with Crippen LogP contribution in [-0.2, 0) is 11.2 Å². The number of nitrogens with one attached hydrogen (secondary N) is 1. The quantitative estimate of drug-likeness (QED) is 0.892. The minimum atomic E-state index is -0.951. The second-order valence-corrected chi connectivity index (χ2v) is 5.34. The highest BCUT2D eigenvalue weighted by atomic mass is 32.1. The van der Waals surface area contributed by atoms with Crippen LogP contribution in [0.3, 0.4) is 0 Å². The number of hydrogen-bond acceptors (Lipinski definition) is 6. The summed E-state index contributed by atoms with van der Waals surface area (Å²) in [4.78, 5) is 30.3. The summed E-state index contributed by atoms with van der Waals surface area (Å²) in [6.07, 6.45) is -0.151. The van der Waals surface area contributed by atoms with Gasteiger partial charge in [0.2, 0.25) is 0 Å². The zero-order valence-electron chi connectivity index (χ0n) is 9.34. The van der Waals surface area contributed by atoms with Crippen molar-refractivity contribution in [3.8, 4) is 0 Å². The molecule has 2 heterocycles. The number of carbonyl (C=O) groups is 2. The van der Waals surface area contributed by atoms with Crippen molar-refractivity contribution in [3.63, 3.8) is 0 Å². The third-order valence-electron chi connectivity index (χ3n) is 1.96. The Labute approximate surface area is 110 Å². The molecule has 0 unspecified atom stereocenters. The van der Waals surface area contributed by atoms with Crippen LogP contribution in [0.5, 0.6) is 0 Å². The van der Waals surface area contributed by atoms with Gasteiger partial charge in [-0.25, -0.2) is 9.97 Å². The molecule has 0 fully saturated rings. The predicted octanol–water partition coefficient (Wildman–Crippen LogP) is 1.79. The number of anilines is 1. The van der Waals surface area contributed by atoms with Crippen molar-refractivity contribution in [2.24, 2.45) is 0 Å². The van der Waals surface area contributed by atoms with Crippen molar-refractivity contribution in [1.82, 2.24) is 9.97 Å². The van der Waals surface area contributed by atoms with Gasteiger partial charge in [-0.3, -0.25) is 14.9 Å². The summed E-state index contributed by atoms with van der Waals surface area (Å²) >= 11 is 2.58. The zero-order valence-corrected chi connectivity index (χ0v) is 11.0. The molecule has 0 saturated carbocycles. The van der Waals surface area contributed by atoms with Crippen LogP contribution in [0.2, 0.25) is 0 Å². The number of aliphatic carboxylic acids is 1. The van der Waals surface area contributed by atoms with Crippen molar-refractivity contribution in [3.05, 3.63) is 27.2 Å². The summed E-state index contributed by atoms with van der Waals surface area (Å²) in [5, 5.41) is 15.7. The topological polar surface area (TPSA) is 92.2 Å². The van der Waals surface area contributed by atoms with Gasteiger partial charge >= 0.3 is 5.97 Å². The molecule has 6 nitrogen and oxygen atoms in total. The minimum absolute atomic E-state index is 0.151. The summed E-state index contributed by atoms with van der Waals surface area (Å²) in [7, 11) is 0. The lowest BCUT2D eigenvalue weighted by Gasteiger charge is -1.97. The summed E-state index contributed by atoms with van der Waals surface area (Å²) in [5.41, 5.74) is 0.768. The highest BCUT2D eigenvalue weighted by molar-refractivity contribution is 7.14. The Balaban J connectivity index is 2.03. The monoisotopic (exact) mass is 283 g/mol. The maximum absolute atomic E-state index is 11.7. The molecule has 2 N–H and O–H groups in total. The lowest BCUT2D eigenvalue weighted by Crippen LogP contribution is -2.12. The van der Waals surface area contributed by atoms with E-state index < -0.39 is 5.97 Å². The van der Waals surface area contributed by atoms with Crippen molar-refractivity contribution >= 4 is 39.7 Å². The molecule has 1 amide bonds. The molecule has 2 aromatic heterocycles. The molecule has 18 heavy (non-hydrogen) atoms. The molecule has 0 aromatic carbocycles. The first-order valence-electron chi connectivity index (χ1n) is 4.94. The molecule has 0 aliphatic rings. The lowest BCUT2D eigenvalue weighted by atomic mass is 10.3. The summed E-state index contributed by atoms with van der Waals surface area (Å²) in [6, 6.07) is 0. The standard InChI is InChI=1S/C10H9N3O3S2/c1-5-11-7(4-17-5)9(16)13-10-12-6(3-18-10)2-8(14)15/h3-4H,2H2,1H3,(H,14,15)(H,12,13,16). The van der Waals surface area contributed by atoms with E-state index in [1.54, 1.807) is 10.8 Å². The molecule has 0 aliphatic heterocycles. The summed E-state index contributed by atoms with van der Waals surface area (Å²) in [6.45, 7) is 1.82. The number of rotatable bonds is 4. The van der Waals surface area contributed by atoms with E-state index in [1.165, 1.54) is 22.7 Å². The highest BCUT2D eigenvalue weighted by Crippen LogP contribution is 2.17. The molecule has 0 bridgehead atoms. The van der Waals surface area contributed by atoms with E-state index in [0.29, 0.717) is 16.5 Å². The average Bonchev–Trinajstić information content (AvgIpc) is 2.87. The van der Waals surface area contributed by atoms with E-state index in [0.717, 1.165) is 5.01 Å². The normalized spacial score (nSPS) is 10.3. The third-order valence-corrected chi connectivity index (χ3v) is 3.54. The third kappa shape index (κ3) is 3.11. The van der Waals surface area contributed by atoms with Gasteiger partial charge in [0.25, 0.3) is 5.91 Å². The fourth-order valence-corrected chi connectivity index (χ4v) is 2.53. The van der Waals surface area contributed by atoms with Crippen LogP contribution in [-0.4, -0.2) is 27.0 Å². The number of carbonyl (C=O) groups excluding carboxylic acids is 1. The van der Waals surface area contributed by atoms with Gasteiger partial charge in [0.15, 0.2) is 5.13 Å². The van der Waals surface area contributed by atoms with Crippen LogP contribution in [0.1, 0.15) is 21.2 Å². The smallest absolute Gasteiger partial charge is 0.309 e. The van der Waals surface area contributed by atoms with E-state index in [-0.39, 0.29) is 12.3 Å². The number of carboxylic acids is 1. The molecule has 2 rings (SSSR count). The van der Waals surface area contributed by atoms with Crippen LogP contribution in [0, 0.1) is 6.92 Å². The molecule has 0 aliphatic carbocycles. The number of thiazole rings is 2. The van der Waals surface area contributed by atoms with Gasteiger partial charge in [0.1, 0.15) is 5.69 Å². The van der Waals surface area contributed by atoms with Crippen LogP contribution < -0.4 is 5.32 Å².